The number of aromatic nitrogens is 2. The zero-order chi connectivity index (χ0) is 16.9. The number of hydrogen-bond donors (Lipinski definition) is 2. The number of furan rings is 1. The van der Waals surface area contributed by atoms with Crippen molar-refractivity contribution in [2.45, 2.75) is 5.16 Å². The Hall–Kier alpha value is -2.06. The minimum absolute atomic E-state index is 0.257. The van der Waals surface area contributed by atoms with Crippen LogP contribution in [-0.2, 0) is 0 Å². The number of H-pyrrole nitrogens is 1. The van der Waals surface area contributed by atoms with Crippen molar-refractivity contribution < 1.29 is 13.6 Å². The SMILES string of the molecule is O=C(NCCSc1ncc(-c2ccc(F)cc2)[nH]1)c1ccc(Br)o1. The van der Waals surface area contributed by atoms with Crippen LogP contribution in [0.2, 0.25) is 0 Å². The molecule has 2 heterocycles. The molecule has 0 atom stereocenters. The van der Waals surface area contributed by atoms with Crippen LogP contribution in [0.3, 0.4) is 0 Å². The molecule has 0 aliphatic rings. The number of imidazole rings is 1. The molecule has 3 aromatic rings. The number of aromatic amines is 1. The van der Waals surface area contributed by atoms with E-state index in [0.717, 1.165) is 16.4 Å². The molecule has 1 amide bonds. The van der Waals surface area contributed by atoms with Crippen LogP contribution in [-0.4, -0.2) is 28.2 Å². The Morgan fingerprint density at radius 2 is 2.08 bits per heavy atom. The summed E-state index contributed by atoms with van der Waals surface area (Å²) in [6.45, 7) is 0.481. The predicted octanol–water partition coefficient (Wildman–Crippen LogP) is 4.09. The Morgan fingerprint density at radius 3 is 2.79 bits per heavy atom. The maximum absolute atomic E-state index is 12.9. The number of rotatable bonds is 6. The van der Waals surface area contributed by atoms with Gasteiger partial charge in [0.1, 0.15) is 5.82 Å². The normalized spacial score (nSPS) is 10.8. The average Bonchev–Trinajstić information content (AvgIpc) is 3.21. The van der Waals surface area contributed by atoms with Gasteiger partial charge in [-0.25, -0.2) is 9.37 Å². The molecule has 2 N–H and O–H groups in total. The van der Waals surface area contributed by atoms with E-state index in [9.17, 15) is 9.18 Å². The molecule has 0 aliphatic carbocycles. The highest BCUT2D eigenvalue weighted by atomic mass is 79.9. The molecule has 0 saturated heterocycles. The number of benzene rings is 1. The van der Waals surface area contributed by atoms with Gasteiger partial charge >= 0.3 is 0 Å². The molecule has 0 saturated carbocycles. The van der Waals surface area contributed by atoms with Crippen molar-refractivity contribution in [2.75, 3.05) is 12.3 Å². The summed E-state index contributed by atoms with van der Waals surface area (Å²) in [6.07, 6.45) is 1.70. The average molecular weight is 410 g/mol. The van der Waals surface area contributed by atoms with Crippen molar-refractivity contribution in [1.29, 1.82) is 0 Å². The van der Waals surface area contributed by atoms with Gasteiger partial charge in [0.15, 0.2) is 15.6 Å². The van der Waals surface area contributed by atoms with Crippen LogP contribution >= 0.6 is 27.7 Å². The van der Waals surface area contributed by atoms with Crippen LogP contribution < -0.4 is 5.32 Å². The van der Waals surface area contributed by atoms with E-state index in [1.807, 2.05) is 0 Å². The predicted molar refractivity (Wildman–Crippen MR) is 93.4 cm³/mol. The second kappa shape index (κ2) is 7.67. The van der Waals surface area contributed by atoms with Gasteiger partial charge in [0.05, 0.1) is 11.9 Å². The number of nitrogens with zero attached hydrogens (tertiary/aromatic N) is 1. The van der Waals surface area contributed by atoms with Crippen molar-refractivity contribution in [1.82, 2.24) is 15.3 Å². The third-order valence-electron chi connectivity index (χ3n) is 3.13. The summed E-state index contributed by atoms with van der Waals surface area (Å²) in [5.74, 6) is 0.396. The summed E-state index contributed by atoms with van der Waals surface area (Å²) in [7, 11) is 0. The largest absolute Gasteiger partial charge is 0.444 e. The molecular weight excluding hydrogens is 397 g/mol. The fourth-order valence-electron chi connectivity index (χ4n) is 1.99. The Labute approximate surface area is 150 Å². The smallest absolute Gasteiger partial charge is 0.287 e. The number of nitrogens with one attached hydrogen (secondary N) is 2. The van der Waals surface area contributed by atoms with Crippen molar-refractivity contribution in [3.05, 3.63) is 58.8 Å². The zero-order valence-corrected chi connectivity index (χ0v) is 14.8. The zero-order valence-electron chi connectivity index (χ0n) is 12.4. The maximum atomic E-state index is 12.9. The first-order valence-corrected chi connectivity index (χ1v) is 8.87. The van der Waals surface area contributed by atoms with E-state index in [0.29, 0.717) is 17.0 Å². The maximum Gasteiger partial charge on any atom is 0.287 e. The van der Waals surface area contributed by atoms with Gasteiger partial charge in [0.25, 0.3) is 5.91 Å². The van der Waals surface area contributed by atoms with E-state index >= 15 is 0 Å². The summed E-state index contributed by atoms with van der Waals surface area (Å²) >= 11 is 4.64. The van der Waals surface area contributed by atoms with Gasteiger partial charge in [-0.2, -0.15) is 0 Å². The number of thioether (sulfide) groups is 1. The number of carbonyl (C=O) groups excluding carboxylic acids is 1. The van der Waals surface area contributed by atoms with Gasteiger partial charge in [-0.05, 0) is 57.9 Å². The summed E-state index contributed by atoms with van der Waals surface area (Å²) in [5, 5.41) is 3.51. The van der Waals surface area contributed by atoms with Crippen LogP contribution in [0.4, 0.5) is 4.39 Å². The van der Waals surface area contributed by atoms with Crippen molar-refractivity contribution in [2.24, 2.45) is 0 Å². The third-order valence-corrected chi connectivity index (χ3v) is 4.45. The lowest BCUT2D eigenvalue weighted by molar-refractivity contribution is 0.0927. The topological polar surface area (TPSA) is 70.9 Å². The molecule has 0 bridgehead atoms. The second-order valence-electron chi connectivity index (χ2n) is 4.82. The first kappa shape index (κ1) is 16.8. The molecule has 124 valence electrons. The van der Waals surface area contributed by atoms with E-state index < -0.39 is 0 Å². The molecule has 24 heavy (non-hydrogen) atoms. The first-order valence-electron chi connectivity index (χ1n) is 7.09. The molecule has 1 aromatic carbocycles. The van der Waals surface area contributed by atoms with Crippen LogP contribution in [0.25, 0.3) is 11.3 Å². The highest BCUT2D eigenvalue weighted by Crippen LogP contribution is 2.21. The Bertz CT molecular complexity index is 832. The van der Waals surface area contributed by atoms with Crippen LogP contribution in [0.15, 0.2) is 56.8 Å². The molecule has 5 nitrogen and oxygen atoms in total. The standard InChI is InChI=1S/C16H13BrFN3O2S/c17-14-6-5-13(23-14)15(22)19-7-8-24-16-20-9-12(21-16)10-1-3-11(18)4-2-10/h1-6,9H,7-8H2,(H,19,22)(H,20,21). The number of carbonyl (C=O) groups is 1. The summed E-state index contributed by atoms with van der Waals surface area (Å²) in [5.41, 5.74) is 1.69. The number of hydrogen-bond acceptors (Lipinski definition) is 4. The lowest BCUT2D eigenvalue weighted by Crippen LogP contribution is -2.25. The summed E-state index contributed by atoms with van der Waals surface area (Å²) in [6, 6.07) is 9.48. The lowest BCUT2D eigenvalue weighted by Gasteiger charge is -2.02. The Kier molecular flexibility index (Phi) is 5.37. The fourth-order valence-corrected chi connectivity index (χ4v) is 3.00. The quantitative estimate of drug-likeness (QED) is 0.474. The monoisotopic (exact) mass is 409 g/mol. The van der Waals surface area contributed by atoms with Crippen molar-refractivity contribution >= 4 is 33.6 Å². The molecule has 8 heteroatoms. The minimum atomic E-state index is -0.271. The molecule has 2 aromatic heterocycles. The Morgan fingerprint density at radius 1 is 1.29 bits per heavy atom. The molecule has 0 spiro atoms. The van der Waals surface area contributed by atoms with Gasteiger partial charge in [0, 0.05) is 12.3 Å². The van der Waals surface area contributed by atoms with Gasteiger partial charge in [-0.1, -0.05) is 11.8 Å². The fraction of sp³-hybridized carbons (Fsp3) is 0.125. The third kappa shape index (κ3) is 4.27. The highest BCUT2D eigenvalue weighted by molar-refractivity contribution is 9.10. The van der Waals surface area contributed by atoms with E-state index in [4.69, 9.17) is 4.42 Å². The number of halogens is 2. The molecule has 0 unspecified atom stereocenters. The van der Waals surface area contributed by atoms with Gasteiger partial charge in [-0.15, -0.1) is 0 Å². The molecule has 0 radical (unpaired) electrons. The van der Waals surface area contributed by atoms with E-state index in [1.54, 1.807) is 30.5 Å². The number of amides is 1. The van der Waals surface area contributed by atoms with Crippen LogP contribution in [0, 0.1) is 5.82 Å². The van der Waals surface area contributed by atoms with Gasteiger partial charge in [0.2, 0.25) is 0 Å². The van der Waals surface area contributed by atoms with Crippen LogP contribution in [0.5, 0.6) is 0 Å². The minimum Gasteiger partial charge on any atom is -0.444 e. The van der Waals surface area contributed by atoms with E-state index in [1.165, 1.54) is 23.9 Å². The molecule has 3 rings (SSSR count). The molecule has 0 aliphatic heterocycles. The van der Waals surface area contributed by atoms with E-state index in [-0.39, 0.29) is 17.5 Å². The second-order valence-corrected chi connectivity index (χ2v) is 6.68. The van der Waals surface area contributed by atoms with Crippen molar-refractivity contribution in [3.63, 3.8) is 0 Å². The first-order chi connectivity index (χ1) is 11.6. The summed E-state index contributed by atoms with van der Waals surface area (Å²) in [4.78, 5) is 19.2. The van der Waals surface area contributed by atoms with E-state index in [2.05, 4.69) is 31.2 Å². The molecular formula is C16H13BrFN3O2S. The lowest BCUT2D eigenvalue weighted by atomic mass is 10.2. The van der Waals surface area contributed by atoms with Gasteiger partial charge < -0.3 is 14.7 Å². The highest BCUT2D eigenvalue weighted by Gasteiger charge is 2.10. The molecule has 0 fully saturated rings. The van der Waals surface area contributed by atoms with Crippen molar-refractivity contribution in [3.8, 4) is 11.3 Å². The van der Waals surface area contributed by atoms with Gasteiger partial charge in [-0.3, -0.25) is 4.79 Å². The summed E-state index contributed by atoms with van der Waals surface area (Å²) < 4.78 is 18.6. The van der Waals surface area contributed by atoms with Crippen LogP contribution in [0.1, 0.15) is 10.6 Å². The Balaban J connectivity index is 1.47.